The first kappa shape index (κ1) is 20.9. The lowest BCUT2D eigenvalue weighted by Crippen LogP contribution is -2.21. The van der Waals surface area contributed by atoms with Crippen molar-refractivity contribution in [3.8, 4) is 16.9 Å². The van der Waals surface area contributed by atoms with Gasteiger partial charge in [-0.2, -0.15) is 5.10 Å². The molecule has 9 heteroatoms. The highest BCUT2D eigenvalue weighted by molar-refractivity contribution is 6.15. The highest BCUT2D eigenvalue weighted by Crippen LogP contribution is 2.40. The van der Waals surface area contributed by atoms with Gasteiger partial charge >= 0.3 is 0 Å². The molecular weight excluding hydrogens is 425 g/mol. The van der Waals surface area contributed by atoms with Crippen molar-refractivity contribution in [2.45, 2.75) is 25.9 Å². The van der Waals surface area contributed by atoms with Crippen LogP contribution in [0.2, 0.25) is 0 Å². The first-order chi connectivity index (χ1) is 15.7. The van der Waals surface area contributed by atoms with Crippen LogP contribution in [-0.4, -0.2) is 37.5 Å². The highest BCUT2D eigenvalue weighted by atomic mass is 19.1. The second kappa shape index (κ2) is 7.56. The van der Waals surface area contributed by atoms with Crippen molar-refractivity contribution < 1.29 is 14.2 Å². The number of nitrogens with zero attached hydrogens (tertiary/aromatic N) is 2. The smallest absolute Gasteiger partial charge is 0.272 e. The van der Waals surface area contributed by atoms with E-state index in [1.54, 1.807) is 38.2 Å². The van der Waals surface area contributed by atoms with Crippen LogP contribution in [0.5, 0.6) is 5.75 Å². The molecule has 0 unspecified atom stereocenters. The molecule has 3 aromatic heterocycles. The Kier molecular flexibility index (Phi) is 4.79. The molecule has 0 atom stereocenters. The predicted molar refractivity (Wildman–Crippen MR) is 126 cm³/mol. The molecule has 0 aliphatic carbocycles. The molecule has 0 aliphatic heterocycles. The number of rotatable bonds is 5. The van der Waals surface area contributed by atoms with Crippen molar-refractivity contribution in [1.82, 2.24) is 20.2 Å². The maximum Gasteiger partial charge on any atom is 0.272 e. The molecule has 0 aliphatic rings. The van der Waals surface area contributed by atoms with E-state index in [1.165, 1.54) is 12.3 Å². The molecule has 3 heterocycles. The quantitative estimate of drug-likeness (QED) is 0.303. The molecule has 5 aromatic rings. The maximum absolute atomic E-state index is 14.3. The fourth-order valence-electron chi connectivity index (χ4n) is 4.02. The van der Waals surface area contributed by atoms with Gasteiger partial charge in [0.05, 0.1) is 23.9 Å². The molecule has 0 amide bonds. The Morgan fingerprint density at radius 2 is 2.00 bits per heavy atom. The molecule has 0 fully saturated rings. The van der Waals surface area contributed by atoms with E-state index in [0.29, 0.717) is 50.5 Å². The average Bonchev–Trinajstić information content (AvgIpc) is 3.26. The summed E-state index contributed by atoms with van der Waals surface area (Å²) in [5.74, 6) is 0.0323. The van der Waals surface area contributed by atoms with Gasteiger partial charge in [0.15, 0.2) is 0 Å². The minimum absolute atomic E-state index is 0.00212. The minimum atomic E-state index is -0.887. The van der Waals surface area contributed by atoms with Crippen LogP contribution in [0.25, 0.3) is 43.8 Å². The van der Waals surface area contributed by atoms with Gasteiger partial charge in [-0.1, -0.05) is 6.07 Å². The summed E-state index contributed by atoms with van der Waals surface area (Å²) in [6.45, 7) is 3.68. The molecule has 0 spiro atoms. The average molecular weight is 447 g/mol. The van der Waals surface area contributed by atoms with E-state index in [9.17, 15) is 14.3 Å². The number of H-pyrrole nitrogens is 2. The molecular formula is C24H22FN5O3. The van der Waals surface area contributed by atoms with E-state index in [-0.39, 0.29) is 17.8 Å². The molecule has 0 saturated heterocycles. The van der Waals surface area contributed by atoms with Crippen molar-refractivity contribution in [2.24, 2.45) is 0 Å². The number of nitrogens with two attached hydrogens (primary N) is 1. The SMILES string of the molecule is CC(C)(O)CCOc1cc2c(-c3ccc(F)c4[nH]ncc34)c(N)c(=O)[nH]c2c2cccnc12. The number of aromatic nitrogens is 4. The number of benzene rings is 2. The number of nitrogen functional groups attached to an aromatic ring is 1. The van der Waals surface area contributed by atoms with Gasteiger partial charge in [0, 0.05) is 34.3 Å². The van der Waals surface area contributed by atoms with Crippen molar-refractivity contribution in [3.05, 3.63) is 58.9 Å². The van der Waals surface area contributed by atoms with Crippen LogP contribution in [-0.2, 0) is 0 Å². The number of aliphatic hydroxyl groups is 1. The molecule has 5 rings (SSSR count). The lowest BCUT2D eigenvalue weighted by molar-refractivity contribution is 0.0555. The summed E-state index contributed by atoms with van der Waals surface area (Å²) in [7, 11) is 0. The van der Waals surface area contributed by atoms with Gasteiger partial charge in [-0.05, 0) is 43.7 Å². The normalized spacial score (nSPS) is 12.1. The van der Waals surface area contributed by atoms with Gasteiger partial charge < -0.3 is 20.6 Å². The van der Waals surface area contributed by atoms with Crippen LogP contribution >= 0.6 is 0 Å². The molecule has 0 bridgehead atoms. The summed E-state index contributed by atoms with van der Waals surface area (Å²) in [6, 6.07) is 8.27. The zero-order valence-electron chi connectivity index (χ0n) is 18.1. The van der Waals surface area contributed by atoms with Gasteiger partial charge in [-0.25, -0.2) is 4.39 Å². The number of hydrogen-bond donors (Lipinski definition) is 4. The van der Waals surface area contributed by atoms with Crippen molar-refractivity contribution in [3.63, 3.8) is 0 Å². The summed E-state index contributed by atoms with van der Waals surface area (Å²) in [6.07, 6.45) is 3.56. The fraction of sp³-hybridized carbons (Fsp3) is 0.208. The van der Waals surface area contributed by atoms with Gasteiger partial charge in [0.2, 0.25) is 0 Å². The van der Waals surface area contributed by atoms with Crippen LogP contribution in [0.3, 0.4) is 0 Å². The second-order valence-corrected chi connectivity index (χ2v) is 8.60. The van der Waals surface area contributed by atoms with E-state index in [2.05, 4.69) is 20.2 Å². The third kappa shape index (κ3) is 3.56. The molecule has 8 nitrogen and oxygen atoms in total. The second-order valence-electron chi connectivity index (χ2n) is 8.60. The largest absolute Gasteiger partial charge is 0.491 e. The lowest BCUT2D eigenvalue weighted by atomic mass is 9.95. The number of pyridine rings is 2. The molecule has 168 valence electrons. The Balaban J connectivity index is 1.83. The standard InChI is InChI=1S/C24H22FN5O3/c1-24(2,32)7-9-33-17-10-14-18(12-5-6-16(25)21-15(12)11-28-30-21)19(26)23(31)29-20(14)13-4-3-8-27-22(13)17/h3-6,8,10-11,32H,7,9,26H2,1-2H3,(H,28,30)(H,29,31). The summed E-state index contributed by atoms with van der Waals surface area (Å²) in [5.41, 5.74) is 7.29. The number of halogens is 1. The van der Waals surface area contributed by atoms with Gasteiger partial charge in [-0.15, -0.1) is 0 Å². The monoisotopic (exact) mass is 447 g/mol. The predicted octanol–water partition coefficient (Wildman–Crippen LogP) is 3.88. The van der Waals surface area contributed by atoms with Crippen molar-refractivity contribution in [2.75, 3.05) is 12.3 Å². The summed E-state index contributed by atoms with van der Waals surface area (Å²) in [5, 5.41) is 18.5. The van der Waals surface area contributed by atoms with E-state index < -0.39 is 17.0 Å². The van der Waals surface area contributed by atoms with Crippen molar-refractivity contribution in [1.29, 1.82) is 0 Å². The first-order valence-electron chi connectivity index (χ1n) is 10.4. The van der Waals surface area contributed by atoms with Crippen LogP contribution in [0.15, 0.2) is 47.5 Å². The summed E-state index contributed by atoms with van der Waals surface area (Å²) in [4.78, 5) is 20.1. The molecule has 5 N–H and O–H groups in total. The summed E-state index contributed by atoms with van der Waals surface area (Å²) < 4.78 is 20.3. The third-order valence-electron chi connectivity index (χ3n) is 5.68. The Labute approximate surface area is 187 Å². The zero-order valence-corrected chi connectivity index (χ0v) is 18.1. The molecule has 0 radical (unpaired) electrons. The van der Waals surface area contributed by atoms with Crippen molar-refractivity contribution >= 4 is 38.4 Å². The van der Waals surface area contributed by atoms with Crippen LogP contribution < -0.4 is 16.0 Å². The van der Waals surface area contributed by atoms with E-state index in [4.69, 9.17) is 10.5 Å². The maximum atomic E-state index is 14.3. The Morgan fingerprint density at radius 3 is 2.79 bits per heavy atom. The molecule has 2 aromatic carbocycles. The number of ether oxygens (including phenoxy) is 1. The van der Waals surface area contributed by atoms with E-state index in [1.807, 2.05) is 6.07 Å². The zero-order chi connectivity index (χ0) is 23.3. The number of anilines is 1. The minimum Gasteiger partial charge on any atom is -0.491 e. The summed E-state index contributed by atoms with van der Waals surface area (Å²) >= 11 is 0. The number of aromatic amines is 2. The fourth-order valence-corrected chi connectivity index (χ4v) is 4.02. The first-order valence-corrected chi connectivity index (χ1v) is 10.4. The Morgan fingerprint density at radius 1 is 1.18 bits per heavy atom. The van der Waals surface area contributed by atoms with Gasteiger partial charge in [0.25, 0.3) is 5.56 Å². The highest BCUT2D eigenvalue weighted by Gasteiger charge is 2.21. The van der Waals surface area contributed by atoms with E-state index >= 15 is 0 Å². The van der Waals surface area contributed by atoms with Crippen LogP contribution in [0.1, 0.15) is 20.3 Å². The van der Waals surface area contributed by atoms with E-state index in [0.717, 1.165) is 0 Å². The topological polar surface area (TPSA) is 130 Å². The van der Waals surface area contributed by atoms with Crippen LogP contribution in [0, 0.1) is 5.82 Å². The Hall–Kier alpha value is -3.98. The third-order valence-corrected chi connectivity index (χ3v) is 5.68. The Bertz CT molecular complexity index is 1580. The molecule has 33 heavy (non-hydrogen) atoms. The molecule has 0 saturated carbocycles. The number of hydrogen-bond acceptors (Lipinski definition) is 6. The number of fused-ring (bicyclic) bond motifs is 4. The number of nitrogens with one attached hydrogen (secondary N) is 2. The van der Waals surface area contributed by atoms with Gasteiger partial charge in [0.1, 0.15) is 28.3 Å². The lowest BCUT2D eigenvalue weighted by Gasteiger charge is -2.19. The van der Waals surface area contributed by atoms with Gasteiger partial charge in [-0.3, -0.25) is 14.9 Å². The van der Waals surface area contributed by atoms with Crippen LogP contribution in [0.4, 0.5) is 10.1 Å².